The van der Waals surface area contributed by atoms with E-state index < -0.39 is 10.1 Å². The molecular weight excluding hydrogens is 257 g/mol. The van der Waals surface area contributed by atoms with Gasteiger partial charge in [0.1, 0.15) is 9.23 Å². The highest BCUT2D eigenvalue weighted by Crippen LogP contribution is 2.33. The van der Waals surface area contributed by atoms with E-state index in [9.17, 15) is 8.42 Å². The third-order valence-electron chi connectivity index (χ3n) is 0.903. The molecule has 0 aliphatic heterocycles. The molecule has 1 aromatic rings. The number of rotatable bonds is 1. The fraction of sp³-hybridized carbons (Fsp3) is 0.200. The molecule has 0 unspecified atom stereocenters. The second-order valence-corrected chi connectivity index (χ2v) is 5.34. The average molecular weight is 264 g/mol. The van der Waals surface area contributed by atoms with Crippen LogP contribution < -0.4 is 5.73 Å². The molecule has 8 heteroatoms. The van der Waals surface area contributed by atoms with E-state index in [4.69, 9.17) is 27.8 Å². The molecule has 0 bridgehead atoms. The summed E-state index contributed by atoms with van der Waals surface area (Å²) in [6.45, 7) is 0. The molecule has 0 aromatic carbocycles. The maximum absolute atomic E-state index is 10.5. The molecule has 1 heterocycles. The molecule has 13 heavy (non-hydrogen) atoms. The summed E-state index contributed by atoms with van der Waals surface area (Å²) in [5, 5.41) is 0. The molecule has 3 N–H and O–H groups in total. The fourth-order valence-electron chi connectivity index (χ4n) is 0.501. The molecule has 0 radical (unpaired) electrons. The van der Waals surface area contributed by atoms with Gasteiger partial charge in [0.15, 0.2) is 0 Å². The summed E-state index contributed by atoms with van der Waals surface area (Å²) in [7, 11) is -2.72. The first-order chi connectivity index (χ1) is 5.91. The molecule has 76 valence electrons. The summed E-state index contributed by atoms with van der Waals surface area (Å²) in [6, 6.07) is 1.10. The highest BCUT2D eigenvalue weighted by atomic mass is 35.5. The molecule has 0 atom stereocenters. The van der Waals surface area contributed by atoms with Gasteiger partial charge in [0, 0.05) is 0 Å². The topological polar surface area (TPSA) is 80.4 Å². The van der Waals surface area contributed by atoms with Crippen LogP contribution in [0.3, 0.4) is 0 Å². The summed E-state index contributed by atoms with van der Waals surface area (Å²) in [5.74, 6) is 0. The molecule has 0 amide bonds. The number of nitrogens with two attached hydrogens (primary N) is 1. The Bertz CT molecular complexity index is 373. The lowest BCUT2D eigenvalue weighted by atomic mass is 10.7. The molecular formula is C5H7Cl2NO3S2. The van der Waals surface area contributed by atoms with Crippen LogP contribution in [0.25, 0.3) is 0 Å². The predicted octanol–water partition coefficient (Wildman–Crippen LogP) is 1.88. The quantitative estimate of drug-likeness (QED) is 0.759. The van der Waals surface area contributed by atoms with Gasteiger partial charge < -0.3 is 5.73 Å². The highest BCUT2D eigenvalue weighted by molar-refractivity contribution is 7.86. The lowest BCUT2D eigenvalue weighted by Gasteiger charge is -1.89. The Labute approximate surface area is 90.0 Å². The van der Waals surface area contributed by atoms with Gasteiger partial charge in [-0.1, -0.05) is 23.2 Å². The Morgan fingerprint density at radius 2 is 1.92 bits per heavy atom. The summed E-state index contributed by atoms with van der Waals surface area (Å²) in [4.78, 5) is -0.339. The van der Waals surface area contributed by atoms with Crippen LogP contribution in [0.1, 0.15) is 0 Å². The molecule has 4 nitrogen and oxygen atoms in total. The summed E-state index contributed by atoms with van der Waals surface area (Å²) >= 11 is 11.7. The zero-order valence-corrected chi connectivity index (χ0v) is 9.64. The second kappa shape index (κ2) is 5.14. The van der Waals surface area contributed by atoms with E-state index in [1.54, 1.807) is 0 Å². The Balaban J connectivity index is 0.000000671. The Hall–Kier alpha value is 0.150. The molecule has 1 rings (SSSR count). The van der Waals surface area contributed by atoms with E-state index in [0.29, 0.717) is 0 Å². The predicted molar refractivity (Wildman–Crippen MR) is 54.3 cm³/mol. The van der Waals surface area contributed by atoms with E-state index in [0.717, 1.165) is 17.4 Å². The van der Waals surface area contributed by atoms with Crippen molar-refractivity contribution in [2.45, 2.75) is 4.90 Å². The van der Waals surface area contributed by atoms with Crippen LogP contribution in [-0.4, -0.2) is 20.0 Å². The van der Waals surface area contributed by atoms with Gasteiger partial charge in [-0.05, 0) is 13.1 Å². The van der Waals surface area contributed by atoms with E-state index in [-0.39, 0.29) is 13.6 Å². The molecule has 0 aliphatic carbocycles. The second-order valence-electron chi connectivity index (χ2n) is 1.66. The van der Waals surface area contributed by atoms with E-state index in [1.807, 2.05) is 0 Å². The van der Waals surface area contributed by atoms with Crippen molar-refractivity contribution in [3.63, 3.8) is 0 Å². The van der Waals surface area contributed by atoms with Gasteiger partial charge in [0.2, 0.25) is 0 Å². The SMILES string of the molecule is CN.O=S(=O)(O)c1cc(Cl)sc1Cl. The Morgan fingerprint density at radius 3 is 2.08 bits per heavy atom. The number of halogens is 2. The minimum absolute atomic E-state index is 0.0301. The number of hydrogen-bond donors (Lipinski definition) is 2. The summed E-state index contributed by atoms with van der Waals surface area (Å²) in [5.41, 5.74) is 4.50. The van der Waals surface area contributed by atoms with Crippen molar-refractivity contribution in [2.24, 2.45) is 5.73 Å². The normalized spacial score (nSPS) is 10.5. The molecule has 0 fully saturated rings. The number of thiophene rings is 1. The van der Waals surface area contributed by atoms with Gasteiger partial charge in [0.25, 0.3) is 10.1 Å². The van der Waals surface area contributed by atoms with Crippen molar-refractivity contribution < 1.29 is 13.0 Å². The Morgan fingerprint density at radius 1 is 1.46 bits per heavy atom. The van der Waals surface area contributed by atoms with Crippen LogP contribution in [0, 0.1) is 0 Å². The summed E-state index contributed by atoms with van der Waals surface area (Å²) in [6.07, 6.45) is 0. The van der Waals surface area contributed by atoms with Crippen LogP contribution in [-0.2, 0) is 10.1 Å². The lowest BCUT2D eigenvalue weighted by molar-refractivity contribution is 0.483. The van der Waals surface area contributed by atoms with Gasteiger partial charge in [-0.15, -0.1) is 11.3 Å². The van der Waals surface area contributed by atoms with Gasteiger partial charge >= 0.3 is 0 Å². The molecule has 1 aromatic heterocycles. The van der Waals surface area contributed by atoms with Gasteiger partial charge in [-0.25, -0.2) is 0 Å². The lowest BCUT2D eigenvalue weighted by Crippen LogP contribution is -1.95. The van der Waals surface area contributed by atoms with Gasteiger partial charge in [0.05, 0.1) is 4.34 Å². The zero-order chi connectivity index (χ0) is 10.6. The molecule has 0 spiro atoms. The fourth-order valence-corrected chi connectivity index (χ4v) is 3.11. The van der Waals surface area contributed by atoms with Crippen molar-refractivity contribution in [1.82, 2.24) is 0 Å². The largest absolute Gasteiger partial charge is 0.333 e. The third-order valence-corrected chi connectivity index (χ3v) is 3.51. The monoisotopic (exact) mass is 263 g/mol. The maximum Gasteiger partial charge on any atom is 0.296 e. The van der Waals surface area contributed by atoms with Crippen LogP contribution in [0.4, 0.5) is 0 Å². The molecule has 0 saturated carbocycles. The van der Waals surface area contributed by atoms with Crippen molar-refractivity contribution in [1.29, 1.82) is 0 Å². The van der Waals surface area contributed by atoms with Crippen molar-refractivity contribution >= 4 is 44.7 Å². The maximum atomic E-state index is 10.5. The van der Waals surface area contributed by atoms with Crippen LogP contribution >= 0.6 is 34.5 Å². The highest BCUT2D eigenvalue weighted by Gasteiger charge is 2.17. The minimum Gasteiger partial charge on any atom is -0.333 e. The van der Waals surface area contributed by atoms with E-state index in [2.05, 4.69) is 5.73 Å². The average Bonchev–Trinajstić information content (AvgIpc) is 2.33. The standard InChI is InChI=1S/C4H2Cl2O3S2.CH5N/c5-3-1-2(4(6)10-3)11(7,8)9;1-2/h1H,(H,7,8,9);2H2,1H3. The molecule has 0 saturated heterocycles. The first kappa shape index (κ1) is 13.2. The summed E-state index contributed by atoms with van der Waals surface area (Å²) < 4.78 is 29.7. The van der Waals surface area contributed by atoms with Crippen molar-refractivity contribution in [2.75, 3.05) is 7.05 Å². The van der Waals surface area contributed by atoms with Crippen LogP contribution in [0.5, 0.6) is 0 Å². The smallest absolute Gasteiger partial charge is 0.296 e. The van der Waals surface area contributed by atoms with Crippen LogP contribution in [0.15, 0.2) is 11.0 Å². The van der Waals surface area contributed by atoms with Gasteiger partial charge in [-0.2, -0.15) is 8.42 Å². The van der Waals surface area contributed by atoms with Crippen LogP contribution in [0.2, 0.25) is 8.67 Å². The number of hydrogen-bond acceptors (Lipinski definition) is 4. The van der Waals surface area contributed by atoms with E-state index in [1.165, 1.54) is 7.05 Å². The van der Waals surface area contributed by atoms with Crippen molar-refractivity contribution in [3.05, 3.63) is 14.7 Å². The van der Waals surface area contributed by atoms with Gasteiger partial charge in [-0.3, -0.25) is 4.55 Å². The van der Waals surface area contributed by atoms with Crippen molar-refractivity contribution in [3.8, 4) is 0 Å². The Kier molecular flexibility index (Phi) is 5.19. The van der Waals surface area contributed by atoms with E-state index >= 15 is 0 Å². The first-order valence-electron chi connectivity index (χ1n) is 2.91. The minimum atomic E-state index is -4.22. The zero-order valence-electron chi connectivity index (χ0n) is 6.49. The molecule has 0 aliphatic rings. The third kappa shape index (κ3) is 3.80. The first-order valence-corrected chi connectivity index (χ1v) is 5.92.